The van der Waals surface area contributed by atoms with Gasteiger partial charge in [-0.1, -0.05) is 29.4 Å². The van der Waals surface area contributed by atoms with Gasteiger partial charge in [-0.15, -0.1) is 0 Å². The van der Waals surface area contributed by atoms with Gasteiger partial charge >= 0.3 is 0 Å². The molecule has 4 aromatic rings. The summed E-state index contributed by atoms with van der Waals surface area (Å²) in [5, 5.41) is 8.48. The van der Waals surface area contributed by atoms with Gasteiger partial charge in [0.15, 0.2) is 12.3 Å². The second-order valence-corrected chi connectivity index (χ2v) is 7.97. The minimum absolute atomic E-state index is 0.0492. The lowest BCUT2D eigenvalue weighted by Gasteiger charge is -2.27. The van der Waals surface area contributed by atoms with E-state index in [4.69, 9.17) is 9.26 Å². The zero-order valence-electron chi connectivity index (χ0n) is 18.3. The van der Waals surface area contributed by atoms with E-state index < -0.39 is 5.82 Å². The molecule has 0 aliphatic carbocycles. The number of nitrogens with zero attached hydrogens (tertiary/aromatic N) is 5. The monoisotopic (exact) mass is 447 g/mol. The highest BCUT2D eigenvalue weighted by Crippen LogP contribution is 2.30. The Morgan fingerprint density at radius 2 is 2.06 bits per heavy atom. The molecule has 168 valence electrons. The molecule has 5 rings (SSSR count). The maximum atomic E-state index is 14.1. The molecule has 2 aromatic carbocycles. The number of carbonyl (C=O) groups is 1. The molecule has 0 unspecified atom stereocenters. The van der Waals surface area contributed by atoms with Crippen LogP contribution in [0, 0.1) is 12.7 Å². The smallest absolute Gasteiger partial charge is 0.279 e. The number of aryl methyl sites for hydroxylation is 2. The Bertz CT molecular complexity index is 1330. The molecular formula is C24H22FN5O3. The van der Waals surface area contributed by atoms with Gasteiger partial charge in [0.1, 0.15) is 11.6 Å². The zero-order valence-corrected chi connectivity index (χ0v) is 18.3. The molecule has 1 aliphatic rings. The molecule has 2 aromatic heterocycles. The second-order valence-electron chi connectivity index (χ2n) is 7.97. The lowest BCUT2D eigenvalue weighted by molar-refractivity contribution is -0.134. The molecule has 0 N–H and O–H groups in total. The lowest BCUT2D eigenvalue weighted by atomic mass is 10.0. The molecule has 0 bridgehead atoms. The highest BCUT2D eigenvalue weighted by atomic mass is 19.1. The predicted octanol–water partition coefficient (Wildman–Crippen LogP) is 3.55. The molecule has 0 fully saturated rings. The quantitative estimate of drug-likeness (QED) is 0.465. The van der Waals surface area contributed by atoms with E-state index in [1.54, 1.807) is 27.8 Å². The number of carbonyl (C=O) groups excluding carboxylic acids is 1. The van der Waals surface area contributed by atoms with Gasteiger partial charge in [0.05, 0.1) is 5.56 Å². The van der Waals surface area contributed by atoms with Crippen LogP contribution in [0.4, 0.5) is 4.39 Å². The van der Waals surface area contributed by atoms with Gasteiger partial charge in [0.2, 0.25) is 5.82 Å². The van der Waals surface area contributed by atoms with Gasteiger partial charge in [-0.25, -0.2) is 4.39 Å². The molecular weight excluding hydrogens is 425 g/mol. The summed E-state index contributed by atoms with van der Waals surface area (Å²) in [5.41, 5.74) is 3.66. The zero-order chi connectivity index (χ0) is 22.9. The van der Waals surface area contributed by atoms with E-state index in [0.29, 0.717) is 31.0 Å². The Morgan fingerprint density at radius 1 is 1.21 bits per heavy atom. The van der Waals surface area contributed by atoms with E-state index in [9.17, 15) is 9.18 Å². The fraction of sp³-hybridized carbons (Fsp3) is 0.250. The number of ether oxygens (including phenoxy) is 1. The summed E-state index contributed by atoms with van der Waals surface area (Å²) < 4.78 is 27.0. The molecule has 0 radical (unpaired) electrons. The van der Waals surface area contributed by atoms with Crippen LogP contribution < -0.4 is 4.74 Å². The van der Waals surface area contributed by atoms with E-state index in [0.717, 1.165) is 16.8 Å². The molecule has 0 atom stereocenters. The molecule has 0 saturated carbocycles. The summed E-state index contributed by atoms with van der Waals surface area (Å²) in [6, 6.07) is 13.8. The SMILES string of the molecule is Cc1cccc(OCC(=O)N2CCc3c(c(-c4nc(-c5ccccc5F)no4)nn3C)C2)c1. The van der Waals surface area contributed by atoms with Crippen LogP contribution in [0.15, 0.2) is 53.1 Å². The normalized spacial score (nSPS) is 13.1. The van der Waals surface area contributed by atoms with Crippen LogP contribution in [0.1, 0.15) is 16.8 Å². The summed E-state index contributed by atoms with van der Waals surface area (Å²) in [4.78, 5) is 18.9. The summed E-state index contributed by atoms with van der Waals surface area (Å²) >= 11 is 0. The highest BCUT2D eigenvalue weighted by Gasteiger charge is 2.30. The number of hydrogen-bond donors (Lipinski definition) is 0. The topological polar surface area (TPSA) is 86.3 Å². The van der Waals surface area contributed by atoms with Gasteiger partial charge in [-0.05, 0) is 36.8 Å². The number of hydrogen-bond acceptors (Lipinski definition) is 6. The first-order valence-corrected chi connectivity index (χ1v) is 10.6. The van der Waals surface area contributed by atoms with Crippen LogP contribution >= 0.6 is 0 Å². The predicted molar refractivity (Wildman–Crippen MR) is 118 cm³/mol. The first-order chi connectivity index (χ1) is 16.0. The van der Waals surface area contributed by atoms with Crippen molar-refractivity contribution >= 4 is 5.91 Å². The van der Waals surface area contributed by atoms with E-state index in [1.807, 2.05) is 38.2 Å². The van der Waals surface area contributed by atoms with Gasteiger partial charge < -0.3 is 14.2 Å². The Kier molecular flexibility index (Phi) is 5.37. The van der Waals surface area contributed by atoms with Crippen molar-refractivity contribution in [3.05, 3.63) is 71.2 Å². The first-order valence-electron chi connectivity index (χ1n) is 10.6. The number of aromatic nitrogens is 4. The van der Waals surface area contributed by atoms with E-state index in [2.05, 4.69) is 15.2 Å². The molecule has 8 nitrogen and oxygen atoms in total. The van der Waals surface area contributed by atoms with E-state index in [1.165, 1.54) is 6.07 Å². The van der Waals surface area contributed by atoms with Crippen molar-refractivity contribution in [3.63, 3.8) is 0 Å². The van der Waals surface area contributed by atoms with Crippen molar-refractivity contribution in [2.45, 2.75) is 19.9 Å². The Morgan fingerprint density at radius 3 is 2.88 bits per heavy atom. The minimum atomic E-state index is -0.432. The largest absolute Gasteiger partial charge is 0.484 e. The average Bonchev–Trinajstić information content (AvgIpc) is 3.42. The van der Waals surface area contributed by atoms with Crippen molar-refractivity contribution in [1.82, 2.24) is 24.8 Å². The van der Waals surface area contributed by atoms with Crippen molar-refractivity contribution < 1.29 is 18.4 Å². The summed E-state index contributed by atoms with van der Waals surface area (Å²) in [6.07, 6.45) is 0.642. The summed E-state index contributed by atoms with van der Waals surface area (Å²) in [7, 11) is 1.84. The fourth-order valence-corrected chi connectivity index (χ4v) is 3.99. The second kappa shape index (κ2) is 8.50. The number of halogens is 1. The van der Waals surface area contributed by atoms with Crippen LogP contribution in [-0.2, 0) is 24.8 Å². The minimum Gasteiger partial charge on any atom is -0.484 e. The molecule has 33 heavy (non-hydrogen) atoms. The Balaban J connectivity index is 1.36. The Labute approximate surface area is 189 Å². The summed E-state index contributed by atoms with van der Waals surface area (Å²) in [5.74, 6) is 0.454. The van der Waals surface area contributed by atoms with Crippen LogP contribution in [-0.4, -0.2) is 43.9 Å². The third-order valence-electron chi connectivity index (χ3n) is 5.69. The Hall–Kier alpha value is -4.01. The van der Waals surface area contributed by atoms with Crippen molar-refractivity contribution in [3.8, 4) is 28.7 Å². The van der Waals surface area contributed by atoms with Gasteiger partial charge in [0.25, 0.3) is 11.8 Å². The van der Waals surface area contributed by atoms with Crippen molar-refractivity contribution in [1.29, 1.82) is 0 Å². The molecule has 0 saturated heterocycles. The van der Waals surface area contributed by atoms with E-state index >= 15 is 0 Å². The van der Waals surface area contributed by atoms with Crippen LogP contribution in [0.2, 0.25) is 0 Å². The standard InChI is InChI=1S/C24H22FN5O3/c1-15-6-5-7-16(12-15)32-14-21(31)30-11-10-20-18(13-30)22(27-29(20)2)24-26-23(28-33-24)17-8-3-4-9-19(17)25/h3-9,12H,10-11,13-14H2,1-2H3. The van der Waals surface area contributed by atoms with Gasteiger partial charge in [-0.2, -0.15) is 10.1 Å². The summed E-state index contributed by atoms with van der Waals surface area (Å²) in [6.45, 7) is 2.84. The first kappa shape index (κ1) is 20.9. The molecule has 3 heterocycles. The number of amides is 1. The average molecular weight is 447 g/mol. The lowest BCUT2D eigenvalue weighted by Crippen LogP contribution is -2.39. The van der Waals surface area contributed by atoms with Gasteiger partial charge in [-0.3, -0.25) is 9.48 Å². The molecule has 9 heteroatoms. The van der Waals surface area contributed by atoms with Crippen LogP contribution in [0.3, 0.4) is 0 Å². The number of benzene rings is 2. The van der Waals surface area contributed by atoms with Gasteiger partial charge in [0, 0.05) is 37.8 Å². The maximum Gasteiger partial charge on any atom is 0.279 e. The van der Waals surface area contributed by atoms with Crippen LogP contribution in [0.5, 0.6) is 5.75 Å². The van der Waals surface area contributed by atoms with Crippen LogP contribution in [0.25, 0.3) is 23.0 Å². The third kappa shape index (κ3) is 4.09. The molecule has 1 amide bonds. The maximum absolute atomic E-state index is 14.1. The fourth-order valence-electron chi connectivity index (χ4n) is 3.99. The molecule has 0 spiro atoms. The van der Waals surface area contributed by atoms with E-state index in [-0.39, 0.29) is 29.8 Å². The van der Waals surface area contributed by atoms with Crippen molar-refractivity contribution in [2.75, 3.05) is 13.2 Å². The van der Waals surface area contributed by atoms with Crippen molar-refractivity contribution in [2.24, 2.45) is 7.05 Å². The number of rotatable bonds is 5. The third-order valence-corrected chi connectivity index (χ3v) is 5.69. The number of fused-ring (bicyclic) bond motifs is 1. The highest BCUT2D eigenvalue weighted by molar-refractivity contribution is 5.78. The molecule has 1 aliphatic heterocycles.